The van der Waals surface area contributed by atoms with Crippen molar-refractivity contribution in [1.82, 2.24) is 20.0 Å². The highest BCUT2D eigenvalue weighted by atomic mass is 35.5. The molecule has 1 fully saturated rings. The van der Waals surface area contributed by atoms with E-state index in [1.807, 2.05) is 69.4 Å². The van der Waals surface area contributed by atoms with Crippen LogP contribution in [-0.2, 0) is 4.79 Å². The quantitative estimate of drug-likeness (QED) is 0.336. The van der Waals surface area contributed by atoms with Crippen LogP contribution < -0.4 is 14.8 Å². The molecule has 11 heteroatoms. The van der Waals surface area contributed by atoms with E-state index in [0.29, 0.717) is 46.0 Å². The number of aliphatic imine (C=N–C) groups is 1. The van der Waals surface area contributed by atoms with E-state index in [0.717, 1.165) is 24.2 Å². The first-order valence-corrected chi connectivity index (χ1v) is 15.4. The maximum Gasteiger partial charge on any atom is 0.324 e. The molecule has 2 heterocycles. The van der Waals surface area contributed by atoms with Gasteiger partial charge in [0.25, 0.3) is 0 Å². The number of methoxy groups -OCH3 is 1. The molecule has 0 bridgehead atoms. The van der Waals surface area contributed by atoms with Gasteiger partial charge in [0.05, 0.1) is 31.4 Å². The molecule has 2 atom stereocenters. The van der Waals surface area contributed by atoms with Crippen molar-refractivity contribution in [2.45, 2.75) is 32.0 Å². The molecule has 5 rings (SSSR count). The van der Waals surface area contributed by atoms with Gasteiger partial charge in [-0.15, -0.1) is 0 Å². The van der Waals surface area contributed by atoms with Crippen LogP contribution in [0.3, 0.4) is 0 Å². The van der Waals surface area contributed by atoms with E-state index in [4.69, 9.17) is 37.7 Å². The predicted octanol–water partition coefficient (Wildman–Crippen LogP) is 5.82. The summed E-state index contributed by atoms with van der Waals surface area (Å²) < 4.78 is 11.7. The number of urea groups is 1. The summed E-state index contributed by atoms with van der Waals surface area (Å²) in [6.45, 7) is 6.55. The molecule has 0 radical (unpaired) electrons. The molecule has 0 aromatic heterocycles. The Balaban J connectivity index is 1.58. The van der Waals surface area contributed by atoms with Crippen molar-refractivity contribution in [3.8, 4) is 11.5 Å². The van der Waals surface area contributed by atoms with Gasteiger partial charge in [-0.05, 0) is 68.4 Å². The van der Waals surface area contributed by atoms with E-state index in [1.165, 1.54) is 0 Å². The number of nitrogens with one attached hydrogen (secondary N) is 1. The SMILES string of the molecule is COc1ccc(C2=N[C@H](c3ccc(Cl)cc3)[C@H](c3ccc(Cl)cc3)N2C(=O)NCC(=O)N2CCN(C)CC2)c(OC(C)C)c1. The smallest absolute Gasteiger partial charge is 0.324 e. The highest BCUT2D eigenvalue weighted by Gasteiger charge is 2.43. The largest absolute Gasteiger partial charge is 0.497 e. The molecule has 0 aliphatic carbocycles. The zero-order valence-electron chi connectivity index (χ0n) is 25.3. The molecule has 232 valence electrons. The van der Waals surface area contributed by atoms with Crippen molar-refractivity contribution in [3.63, 3.8) is 0 Å². The number of carbonyl (C=O) groups is 2. The minimum atomic E-state index is -0.559. The van der Waals surface area contributed by atoms with Crippen molar-refractivity contribution >= 4 is 41.0 Å². The fourth-order valence-electron chi connectivity index (χ4n) is 5.44. The fraction of sp³-hybridized carbons (Fsp3) is 0.364. The minimum absolute atomic E-state index is 0.130. The Labute approximate surface area is 268 Å². The number of halogens is 2. The Morgan fingerprint density at radius 3 is 2.14 bits per heavy atom. The van der Waals surface area contributed by atoms with Gasteiger partial charge in [0.1, 0.15) is 23.4 Å². The van der Waals surface area contributed by atoms with Gasteiger partial charge >= 0.3 is 6.03 Å². The van der Waals surface area contributed by atoms with Crippen molar-refractivity contribution in [2.24, 2.45) is 4.99 Å². The lowest BCUT2D eigenvalue weighted by atomic mass is 9.94. The maximum atomic E-state index is 14.2. The molecule has 0 unspecified atom stereocenters. The average molecular weight is 639 g/mol. The van der Waals surface area contributed by atoms with Crippen LogP contribution in [0.15, 0.2) is 71.7 Å². The molecule has 1 N–H and O–H groups in total. The van der Waals surface area contributed by atoms with Crippen molar-refractivity contribution in [2.75, 3.05) is 46.9 Å². The summed E-state index contributed by atoms with van der Waals surface area (Å²) in [6, 6.07) is 18.8. The summed E-state index contributed by atoms with van der Waals surface area (Å²) in [5.41, 5.74) is 2.32. The van der Waals surface area contributed by atoms with E-state index in [-0.39, 0.29) is 18.6 Å². The number of ether oxygens (including phenoxy) is 2. The molecular weight excluding hydrogens is 601 g/mol. The van der Waals surface area contributed by atoms with Gasteiger partial charge in [-0.25, -0.2) is 4.79 Å². The van der Waals surface area contributed by atoms with Gasteiger partial charge in [-0.2, -0.15) is 0 Å². The first-order chi connectivity index (χ1) is 21.1. The monoisotopic (exact) mass is 637 g/mol. The van der Waals surface area contributed by atoms with E-state index in [9.17, 15) is 9.59 Å². The van der Waals surface area contributed by atoms with E-state index in [2.05, 4.69) is 10.2 Å². The van der Waals surface area contributed by atoms with Crippen LogP contribution in [0.2, 0.25) is 10.0 Å². The maximum absolute atomic E-state index is 14.2. The number of benzene rings is 3. The second kappa shape index (κ2) is 13.9. The molecule has 2 aliphatic rings. The first kappa shape index (κ1) is 31.6. The summed E-state index contributed by atoms with van der Waals surface area (Å²) >= 11 is 12.5. The summed E-state index contributed by atoms with van der Waals surface area (Å²) in [7, 11) is 3.62. The summed E-state index contributed by atoms with van der Waals surface area (Å²) in [4.78, 5) is 38.1. The topological polar surface area (TPSA) is 86.7 Å². The van der Waals surface area contributed by atoms with E-state index >= 15 is 0 Å². The van der Waals surface area contributed by atoms with Crippen LogP contribution in [0, 0.1) is 0 Å². The molecule has 3 amide bonds. The van der Waals surface area contributed by atoms with Crippen molar-refractivity contribution < 1.29 is 19.1 Å². The Hall–Kier alpha value is -3.79. The zero-order chi connectivity index (χ0) is 31.4. The number of hydrogen-bond acceptors (Lipinski definition) is 6. The number of nitrogens with zero attached hydrogens (tertiary/aromatic N) is 4. The van der Waals surface area contributed by atoms with Gasteiger partial charge in [-0.1, -0.05) is 47.5 Å². The van der Waals surface area contributed by atoms with Crippen LogP contribution in [0.1, 0.15) is 42.6 Å². The van der Waals surface area contributed by atoms with Gasteiger partial charge in [0.2, 0.25) is 5.91 Å². The normalized spacial score (nSPS) is 18.8. The molecule has 3 aromatic carbocycles. The van der Waals surface area contributed by atoms with E-state index < -0.39 is 18.1 Å². The van der Waals surface area contributed by atoms with Crippen molar-refractivity contribution in [3.05, 3.63) is 93.5 Å². The molecule has 3 aromatic rings. The predicted molar refractivity (Wildman–Crippen MR) is 173 cm³/mol. The average Bonchev–Trinajstić information content (AvgIpc) is 3.41. The second-order valence-electron chi connectivity index (χ2n) is 11.2. The summed E-state index contributed by atoms with van der Waals surface area (Å²) in [5.74, 6) is 1.42. The highest BCUT2D eigenvalue weighted by Crippen LogP contribution is 2.45. The fourth-order valence-corrected chi connectivity index (χ4v) is 5.69. The second-order valence-corrected chi connectivity index (χ2v) is 12.1. The Morgan fingerprint density at radius 2 is 1.55 bits per heavy atom. The van der Waals surface area contributed by atoms with Crippen molar-refractivity contribution in [1.29, 1.82) is 0 Å². The third-order valence-electron chi connectivity index (χ3n) is 7.75. The van der Waals surface area contributed by atoms with Crippen LogP contribution in [0.25, 0.3) is 0 Å². The number of amides is 3. The summed E-state index contributed by atoms with van der Waals surface area (Å²) in [6.07, 6.45) is -0.148. The van der Waals surface area contributed by atoms with Crippen LogP contribution in [0.4, 0.5) is 4.79 Å². The Kier molecular flexibility index (Phi) is 9.98. The number of hydrogen-bond donors (Lipinski definition) is 1. The number of rotatable bonds is 8. The third kappa shape index (κ3) is 7.12. The molecule has 2 aliphatic heterocycles. The Morgan fingerprint density at radius 1 is 0.932 bits per heavy atom. The molecule has 0 saturated carbocycles. The lowest BCUT2D eigenvalue weighted by Gasteiger charge is -2.33. The number of carbonyl (C=O) groups excluding carboxylic acids is 2. The van der Waals surface area contributed by atoms with Crippen LogP contribution >= 0.6 is 23.2 Å². The van der Waals surface area contributed by atoms with Crippen LogP contribution in [0.5, 0.6) is 11.5 Å². The lowest BCUT2D eigenvalue weighted by Crippen LogP contribution is -2.52. The minimum Gasteiger partial charge on any atom is -0.497 e. The first-order valence-electron chi connectivity index (χ1n) is 14.6. The molecule has 44 heavy (non-hydrogen) atoms. The molecule has 0 spiro atoms. The molecular formula is C33H37Cl2N5O4. The van der Waals surface area contributed by atoms with Gasteiger partial charge < -0.3 is 24.6 Å². The lowest BCUT2D eigenvalue weighted by molar-refractivity contribution is -0.131. The van der Waals surface area contributed by atoms with Gasteiger partial charge in [0.15, 0.2) is 0 Å². The number of likely N-dealkylation sites (N-methyl/N-ethyl adjacent to an activating group) is 1. The molecule has 1 saturated heterocycles. The van der Waals surface area contributed by atoms with Gasteiger partial charge in [0, 0.05) is 42.3 Å². The van der Waals surface area contributed by atoms with Crippen LogP contribution in [-0.4, -0.2) is 85.5 Å². The zero-order valence-corrected chi connectivity index (χ0v) is 26.8. The van der Waals surface area contributed by atoms with Gasteiger partial charge in [-0.3, -0.25) is 14.7 Å². The summed E-state index contributed by atoms with van der Waals surface area (Å²) in [5, 5.41) is 4.07. The number of piperazine rings is 1. The third-order valence-corrected chi connectivity index (χ3v) is 8.25. The highest BCUT2D eigenvalue weighted by molar-refractivity contribution is 6.30. The number of amidine groups is 1. The Bertz CT molecular complexity index is 1510. The standard InChI is InChI=1S/C33H37Cl2N5O4/c1-21(2)44-28-19-26(43-4)13-14-27(28)32-37-30(22-5-9-24(34)10-6-22)31(23-7-11-25(35)12-8-23)40(32)33(42)36-20-29(41)39-17-15-38(3)16-18-39/h5-14,19,21,30-31H,15-18,20H2,1-4H3,(H,36,42)/t30-,31+/m1/s1. The molecule has 9 nitrogen and oxygen atoms in total. The van der Waals surface area contributed by atoms with E-state index in [1.54, 1.807) is 35.1 Å².